The molecule has 0 saturated carbocycles. The number of carbonyl (C=O) groups is 1. The predicted octanol–water partition coefficient (Wildman–Crippen LogP) is 3.70. The summed E-state index contributed by atoms with van der Waals surface area (Å²) in [6.07, 6.45) is -0.0291. The largest absolute Gasteiger partial charge is 0.489 e. The molecule has 5 nitrogen and oxygen atoms in total. The van der Waals surface area contributed by atoms with Gasteiger partial charge in [-0.1, -0.05) is 6.07 Å². The molecule has 6 heteroatoms. The number of fused-ring (bicyclic) bond motifs is 1. The smallest absolute Gasteiger partial charge is 0.307 e. The van der Waals surface area contributed by atoms with Crippen molar-refractivity contribution in [2.24, 2.45) is 0 Å². The predicted molar refractivity (Wildman–Crippen MR) is 95.6 cm³/mol. The SMILES string of the molecule is Cc1ccc(COc2cc(N)c3c(CC(=O)O)csc3c2)c(C)n1. The Bertz CT molecular complexity index is 918. The lowest BCUT2D eigenvalue weighted by atomic mass is 10.1. The van der Waals surface area contributed by atoms with Crippen LogP contribution in [0.5, 0.6) is 5.75 Å². The molecule has 124 valence electrons. The number of aromatic nitrogens is 1. The number of hydrogen-bond acceptors (Lipinski definition) is 5. The third-order valence-corrected chi connectivity index (χ3v) is 4.80. The Kier molecular flexibility index (Phi) is 4.40. The number of nitrogens with zero attached hydrogens (tertiary/aromatic N) is 1. The maximum absolute atomic E-state index is 10.9. The van der Waals surface area contributed by atoms with Gasteiger partial charge in [0.15, 0.2) is 0 Å². The Morgan fingerprint density at radius 2 is 2.08 bits per heavy atom. The number of benzene rings is 1. The van der Waals surface area contributed by atoms with E-state index in [0.29, 0.717) is 18.0 Å². The van der Waals surface area contributed by atoms with Gasteiger partial charge in [0.25, 0.3) is 0 Å². The van der Waals surface area contributed by atoms with Gasteiger partial charge in [0, 0.05) is 38.8 Å². The van der Waals surface area contributed by atoms with Gasteiger partial charge in [-0.05, 0) is 36.9 Å². The minimum absolute atomic E-state index is 0.0291. The fourth-order valence-corrected chi connectivity index (χ4v) is 3.67. The first-order chi connectivity index (χ1) is 11.4. The summed E-state index contributed by atoms with van der Waals surface area (Å²) in [5.74, 6) is -0.194. The number of thiophene rings is 1. The van der Waals surface area contributed by atoms with E-state index in [1.54, 1.807) is 6.07 Å². The minimum atomic E-state index is -0.864. The second-order valence-corrected chi connectivity index (χ2v) is 6.61. The zero-order valence-corrected chi connectivity index (χ0v) is 14.3. The lowest BCUT2D eigenvalue weighted by Gasteiger charge is -2.10. The number of pyridine rings is 1. The molecule has 0 unspecified atom stereocenters. The Morgan fingerprint density at radius 3 is 2.79 bits per heavy atom. The second kappa shape index (κ2) is 6.49. The quantitative estimate of drug-likeness (QED) is 0.691. The van der Waals surface area contributed by atoms with Gasteiger partial charge in [-0.15, -0.1) is 11.3 Å². The van der Waals surface area contributed by atoms with Crippen molar-refractivity contribution in [1.29, 1.82) is 0 Å². The average molecular weight is 342 g/mol. The van der Waals surface area contributed by atoms with Gasteiger partial charge in [0.1, 0.15) is 12.4 Å². The first-order valence-corrected chi connectivity index (χ1v) is 8.39. The molecular formula is C18H18N2O3S. The molecule has 2 aromatic heterocycles. The topological polar surface area (TPSA) is 85.4 Å². The van der Waals surface area contributed by atoms with Crippen LogP contribution >= 0.6 is 11.3 Å². The van der Waals surface area contributed by atoms with Crippen LogP contribution in [0, 0.1) is 13.8 Å². The first kappa shape index (κ1) is 16.3. The Balaban J connectivity index is 1.84. The number of carboxylic acids is 1. The van der Waals surface area contributed by atoms with Crippen molar-refractivity contribution in [3.05, 3.63) is 52.2 Å². The standard InChI is InChI=1S/C18H18N2O3S/c1-10-3-4-12(11(2)20-10)8-23-14-6-15(19)18-13(5-17(21)22)9-24-16(18)7-14/h3-4,6-7,9H,5,8,19H2,1-2H3,(H,21,22). The van der Waals surface area contributed by atoms with E-state index >= 15 is 0 Å². The van der Waals surface area contributed by atoms with Gasteiger partial charge in [0.2, 0.25) is 0 Å². The van der Waals surface area contributed by atoms with Crippen LogP contribution in [0.25, 0.3) is 10.1 Å². The van der Waals surface area contributed by atoms with Crippen LogP contribution < -0.4 is 10.5 Å². The van der Waals surface area contributed by atoms with Crippen LogP contribution in [-0.4, -0.2) is 16.1 Å². The fraction of sp³-hybridized carbons (Fsp3) is 0.222. The van der Waals surface area contributed by atoms with E-state index in [0.717, 1.165) is 32.6 Å². The van der Waals surface area contributed by atoms with Gasteiger partial charge in [-0.25, -0.2) is 0 Å². The van der Waals surface area contributed by atoms with Crippen molar-refractivity contribution in [1.82, 2.24) is 4.98 Å². The maximum atomic E-state index is 10.9. The molecule has 1 aromatic carbocycles. The van der Waals surface area contributed by atoms with Crippen molar-refractivity contribution in [2.75, 3.05) is 5.73 Å². The number of rotatable bonds is 5. The van der Waals surface area contributed by atoms with Gasteiger partial charge in [-0.3, -0.25) is 9.78 Å². The molecule has 2 heterocycles. The van der Waals surface area contributed by atoms with Crippen LogP contribution in [0.2, 0.25) is 0 Å². The van der Waals surface area contributed by atoms with E-state index in [4.69, 9.17) is 15.6 Å². The summed E-state index contributed by atoms with van der Waals surface area (Å²) in [6, 6.07) is 7.62. The Labute approximate surface area is 143 Å². The summed E-state index contributed by atoms with van der Waals surface area (Å²) >= 11 is 1.48. The molecule has 0 aliphatic heterocycles. The summed E-state index contributed by atoms with van der Waals surface area (Å²) in [6.45, 7) is 4.33. The molecular weight excluding hydrogens is 324 g/mol. The summed E-state index contributed by atoms with van der Waals surface area (Å²) in [7, 11) is 0. The van der Waals surface area contributed by atoms with E-state index in [1.165, 1.54) is 11.3 Å². The van der Waals surface area contributed by atoms with E-state index in [-0.39, 0.29) is 6.42 Å². The van der Waals surface area contributed by atoms with Crippen molar-refractivity contribution < 1.29 is 14.6 Å². The molecule has 0 atom stereocenters. The second-order valence-electron chi connectivity index (χ2n) is 5.70. The van der Waals surface area contributed by atoms with Crippen molar-refractivity contribution in [3.63, 3.8) is 0 Å². The van der Waals surface area contributed by atoms with Crippen LogP contribution in [-0.2, 0) is 17.8 Å². The highest BCUT2D eigenvalue weighted by molar-refractivity contribution is 7.17. The van der Waals surface area contributed by atoms with Gasteiger partial charge < -0.3 is 15.6 Å². The van der Waals surface area contributed by atoms with Crippen molar-refractivity contribution in [3.8, 4) is 5.75 Å². The summed E-state index contributed by atoms with van der Waals surface area (Å²) in [4.78, 5) is 15.4. The van der Waals surface area contributed by atoms with Crippen molar-refractivity contribution in [2.45, 2.75) is 26.9 Å². The molecule has 0 spiro atoms. The molecule has 0 amide bonds. The van der Waals surface area contributed by atoms with Gasteiger partial charge in [0.05, 0.1) is 6.42 Å². The third kappa shape index (κ3) is 3.33. The zero-order valence-electron chi connectivity index (χ0n) is 13.5. The number of nitrogen functional groups attached to an aromatic ring is 1. The van der Waals surface area contributed by atoms with Crippen LogP contribution in [0.3, 0.4) is 0 Å². The molecule has 24 heavy (non-hydrogen) atoms. The molecule has 3 aromatic rings. The van der Waals surface area contributed by atoms with Gasteiger partial charge >= 0.3 is 5.97 Å². The van der Waals surface area contributed by atoms with E-state index < -0.39 is 5.97 Å². The number of aryl methyl sites for hydroxylation is 2. The molecule has 0 aliphatic rings. The first-order valence-electron chi connectivity index (χ1n) is 7.51. The summed E-state index contributed by atoms with van der Waals surface area (Å²) in [5.41, 5.74) is 10.4. The van der Waals surface area contributed by atoms with Crippen LogP contribution in [0.1, 0.15) is 22.5 Å². The number of carboxylic acid groups (broad SMARTS) is 1. The Morgan fingerprint density at radius 1 is 1.29 bits per heavy atom. The molecule has 0 saturated heterocycles. The molecule has 3 rings (SSSR count). The number of aliphatic carboxylic acids is 1. The molecule has 0 bridgehead atoms. The maximum Gasteiger partial charge on any atom is 0.307 e. The highest BCUT2D eigenvalue weighted by Crippen LogP contribution is 2.35. The van der Waals surface area contributed by atoms with E-state index in [1.807, 2.05) is 37.4 Å². The monoisotopic (exact) mass is 342 g/mol. The van der Waals surface area contributed by atoms with E-state index in [2.05, 4.69) is 4.98 Å². The van der Waals surface area contributed by atoms with Gasteiger partial charge in [-0.2, -0.15) is 0 Å². The Hall–Kier alpha value is -2.60. The summed E-state index contributed by atoms with van der Waals surface area (Å²) in [5, 5.41) is 11.6. The molecule has 0 radical (unpaired) electrons. The van der Waals surface area contributed by atoms with Crippen molar-refractivity contribution >= 4 is 33.1 Å². The zero-order chi connectivity index (χ0) is 17.3. The number of anilines is 1. The fourth-order valence-electron chi connectivity index (χ4n) is 2.65. The average Bonchev–Trinajstić information content (AvgIpc) is 2.89. The lowest BCUT2D eigenvalue weighted by molar-refractivity contribution is -0.136. The summed E-state index contributed by atoms with van der Waals surface area (Å²) < 4.78 is 6.79. The van der Waals surface area contributed by atoms with Crippen LogP contribution in [0.4, 0.5) is 5.69 Å². The lowest BCUT2D eigenvalue weighted by Crippen LogP contribution is -2.02. The number of nitrogens with two attached hydrogens (primary N) is 1. The molecule has 0 aliphatic carbocycles. The molecule has 3 N–H and O–H groups in total. The minimum Gasteiger partial charge on any atom is -0.489 e. The highest BCUT2D eigenvalue weighted by Gasteiger charge is 2.12. The normalized spacial score (nSPS) is 10.9. The number of ether oxygens (including phenoxy) is 1. The van der Waals surface area contributed by atoms with E-state index in [9.17, 15) is 4.79 Å². The number of hydrogen-bond donors (Lipinski definition) is 2. The molecule has 0 fully saturated rings. The third-order valence-electron chi connectivity index (χ3n) is 3.83. The van der Waals surface area contributed by atoms with Crippen LogP contribution in [0.15, 0.2) is 29.6 Å². The highest BCUT2D eigenvalue weighted by atomic mass is 32.1.